The minimum atomic E-state index is -0.793. The summed E-state index contributed by atoms with van der Waals surface area (Å²) in [6, 6.07) is 3.25. The molecule has 2 aromatic rings. The number of fused-ring (bicyclic) bond motifs is 1. The number of nitrogens with zero attached hydrogens (tertiary/aromatic N) is 1. The Morgan fingerprint density at radius 2 is 2.39 bits per heavy atom. The van der Waals surface area contributed by atoms with Gasteiger partial charge in [-0.15, -0.1) is 0 Å². The van der Waals surface area contributed by atoms with Crippen molar-refractivity contribution in [1.29, 1.82) is 0 Å². The quantitative estimate of drug-likeness (QED) is 0.844. The second kappa shape index (κ2) is 4.42. The van der Waals surface area contributed by atoms with Gasteiger partial charge < -0.3 is 14.8 Å². The largest absolute Gasteiger partial charge is 0.480 e. The molecule has 2 atom stereocenters. The number of pyridine rings is 1. The summed E-state index contributed by atoms with van der Waals surface area (Å²) in [5, 5.41) is 13.1. The van der Waals surface area contributed by atoms with E-state index in [0.29, 0.717) is 13.0 Å². The third-order valence-electron chi connectivity index (χ3n) is 3.50. The first kappa shape index (κ1) is 11.2. The molecule has 1 fully saturated rings. The second-order valence-corrected chi connectivity index (χ2v) is 4.59. The zero-order valence-corrected chi connectivity index (χ0v) is 9.80. The second-order valence-electron chi connectivity index (χ2n) is 4.59. The molecule has 0 amide bonds. The van der Waals surface area contributed by atoms with Gasteiger partial charge >= 0.3 is 5.97 Å². The summed E-state index contributed by atoms with van der Waals surface area (Å²) in [6.45, 7) is 0.706. The van der Waals surface area contributed by atoms with Crippen LogP contribution in [0.1, 0.15) is 24.5 Å². The van der Waals surface area contributed by atoms with Crippen LogP contribution in [-0.4, -0.2) is 28.6 Å². The number of hydrogen-bond donors (Lipinski definition) is 2. The smallest absolute Gasteiger partial charge is 0.320 e. The molecule has 0 aromatic carbocycles. The molecule has 1 saturated heterocycles. The first-order valence-corrected chi connectivity index (χ1v) is 6.04. The predicted molar refractivity (Wildman–Crippen MR) is 65.4 cm³/mol. The molecule has 0 aliphatic carbocycles. The SMILES string of the molecule is O=C(O)C1CC(c2nccc3occc23)CCN1. The van der Waals surface area contributed by atoms with Crippen LogP contribution < -0.4 is 5.32 Å². The van der Waals surface area contributed by atoms with Crippen LogP contribution in [0.4, 0.5) is 0 Å². The fourth-order valence-corrected chi connectivity index (χ4v) is 2.60. The van der Waals surface area contributed by atoms with Crippen molar-refractivity contribution in [2.75, 3.05) is 6.54 Å². The van der Waals surface area contributed by atoms with Gasteiger partial charge in [0, 0.05) is 17.5 Å². The summed E-state index contributed by atoms with van der Waals surface area (Å²) in [5.74, 6) is -0.618. The normalized spacial score (nSPS) is 24.2. The number of aliphatic carboxylic acids is 1. The Morgan fingerprint density at radius 1 is 1.50 bits per heavy atom. The molecule has 2 aromatic heterocycles. The van der Waals surface area contributed by atoms with Crippen LogP contribution in [0.5, 0.6) is 0 Å². The van der Waals surface area contributed by atoms with Gasteiger partial charge in [0.2, 0.25) is 0 Å². The lowest BCUT2D eigenvalue weighted by atomic mass is 9.88. The first-order chi connectivity index (χ1) is 8.75. The lowest BCUT2D eigenvalue weighted by Crippen LogP contribution is -2.42. The Morgan fingerprint density at radius 3 is 3.22 bits per heavy atom. The van der Waals surface area contributed by atoms with Gasteiger partial charge in [-0.1, -0.05) is 0 Å². The molecule has 0 saturated carbocycles. The fraction of sp³-hybridized carbons (Fsp3) is 0.385. The number of hydrogen-bond acceptors (Lipinski definition) is 4. The number of carbonyl (C=O) groups is 1. The number of piperidine rings is 1. The van der Waals surface area contributed by atoms with Gasteiger partial charge in [0.05, 0.1) is 12.0 Å². The van der Waals surface area contributed by atoms with Crippen LogP contribution >= 0.6 is 0 Å². The van der Waals surface area contributed by atoms with Gasteiger partial charge in [0.25, 0.3) is 0 Å². The summed E-state index contributed by atoms with van der Waals surface area (Å²) in [4.78, 5) is 15.5. The van der Waals surface area contributed by atoms with Crippen molar-refractivity contribution in [3.05, 3.63) is 30.3 Å². The minimum absolute atomic E-state index is 0.175. The van der Waals surface area contributed by atoms with E-state index in [1.54, 1.807) is 12.5 Å². The molecule has 5 heteroatoms. The summed E-state index contributed by atoms with van der Waals surface area (Å²) in [5.41, 5.74) is 1.76. The van der Waals surface area contributed by atoms with Crippen molar-refractivity contribution in [3.8, 4) is 0 Å². The summed E-state index contributed by atoms with van der Waals surface area (Å²) < 4.78 is 5.35. The van der Waals surface area contributed by atoms with Crippen LogP contribution in [0, 0.1) is 0 Å². The number of carboxylic acids is 1. The van der Waals surface area contributed by atoms with Crippen molar-refractivity contribution in [2.24, 2.45) is 0 Å². The van der Waals surface area contributed by atoms with E-state index in [1.165, 1.54) is 0 Å². The molecule has 3 rings (SSSR count). The van der Waals surface area contributed by atoms with E-state index in [-0.39, 0.29) is 5.92 Å². The first-order valence-electron chi connectivity index (χ1n) is 6.04. The Kier molecular flexibility index (Phi) is 2.76. The molecule has 3 heterocycles. The van der Waals surface area contributed by atoms with Crippen LogP contribution in [0.15, 0.2) is 29.0 Å². The topological polar surface area (TPSA) is 75.4 Å². The van der Waals surface area contributed by atoms with E-state index in [0.717, 1.165) is 23.1 Å². The highest BCUT2D eigenvalue weighted by Gasteiger charge is 2.29. The maximum atomic E-state index is 11.0. The number of nitrogens with one attached hydrogen (secondary N) is 1. The Bertz CT molecular complexity index is 578. The van der Waals surface area contributed by atoms with Gasteiger partial charge in [-0.2, -0.15) is 0 Å². The molecule has 2 unspecified atom stereocenters. The van der Waals surface area contributed by atoms with Crippen molar-refractivity contribution in [2.45, 2.75) is 24.8 Å². The molecule has 0 radical (unpaired) electrons. The number of furan rings is 1. The molecule has 18 heavy (non-hydrogen) atoms. The Hall–Kier alpha value is -1.88. The van der Waals surface area contributed by atoms with E-state index in [4.69, 9.17) is 9.52 Å². The molecule has 94 valence electrons. The molecule has 5 nitrogen and oxygen atoms in total. The predicted octanol–water partition coefficient (Wildman–Crippen LogP) is 1.75. The van der Waals surface area contributed by atoms with Crippen molar-refractivity contribution < 1.29 is 14.3 Å². The summed E-state index contributed by atoms with van der Waals surface area (Å²) >= 11 is 0. The van der Waals surface area contributed by atoms with Crippen LogP contribution in [0.3, 0.4) is 0 Å². The molecule has 1 aliphatic heterocycles. The lowest BCUT2D eigenvalue weighted by molar-refractivity contribution is -0.140. The van der Waals surface area contributed by atoms with E-state index in [1.807, 2.05) is 12.1 Å². The van der Waals surface area contributed by atoms with Crippen molar-refractivity contribution >= 4 is 16.9 Å². The number of carboxylic acid groups (broad SMARTS) is 1. The molecule has 0 spiro atoms. The highest BCUT2D eigenvalue weighted by Crippen LogP contribution is 2.31. The van der Waals surface area contributed by atoms with Crippen molar-refractivity contribution in [1.82, 2.24) is 10.3 Å². The molecular weight excluding hydrogens is 232 g/mol. The molecular formula is C13H14N2O3. The third kappa shape index (κ3) is 1.86. The molecule has 2 N–H and O–H groups in total. The standard InChI is InChI=1S/C13H14N2O3/c16-13(17)10-7-8(1-4-14-10)12-9-3-6-18-11(9)2-5-15-12/h2-3,5-6,8,10,14H,1,4,7H2,(H,16,17). The zero-order chi connectivity index (χ0) is 12.5. The van der Waals surface area contributed by atoms with Gasteiger partial charge in [-0.25, -0.2) is 0 Å². The summed E-state index contributed by atoms with van der Waals surface area (Å²) in [7, 11) is 0. The van der Waals surface area contributed by atoms with E-state index < -0.39 is 12.0 Å². The van der Waals surface area contributed by atoms with Gasteiger partial charge in [-0.05, 0) is 31.5 Å². The maximum absolute atomic E-state index is 11.0. The van der Waals surface area contributed by atoms with Gasteiger partial charge in [0.15, 0.2) is 0 Å². The Balaban J connectivity index is 1.94. The van der Waals surface area contributed by atoms with Crippen LogP contribution in [-0.2, 0) is 4.79 Å². The number of aromatic nitrogens is 1. The van der Waals surface area contributed by atoms with Crippen molar-refractivity contribution in [3.63, 3.8) is 0 Å². The molecule has 0 bridgehead atoms. The van der Waals surface area contributed by atoms with Crippen LogP contribution in [0.25, 0.3) is 11.0 Å². The third-order valence-corrected chi connectivity index (χ3v) is 3.50. The fourth-order valence-electron chi connectivity index (χ4n) is 2.60. The minimum Gasteiger partial charge on any atom is -0.480 e. The van der Waals surface area contributed by atoms with Gasteiger partial charge in [-0.3, -0.25) is 9.78 Å². The zero-order valence-electron chi connectivity index (χ0n) is 9.80. The van der Waals surface area contributed by atoms with E-state index in [9.17, 15) is 4.79 Å². The number of rotatable bonds is 2. The maximum Gasteiger partial charge on any atom is 0.320 e. The van der Waals surface area contributed by atoms with Crippen LogP contribution in [0.2, 0.25) is 0 Å². The monoisotopic (exact) mass is 246 g/mol. The lowest BCUT2D eigenvalue weighted by Gasteiger charge is -2.27. The Labute approximate surface area is 104 Å². The van der Waals surface area contributed by atoms with Gasteiger partial charge in [0.1, 0.15) is 11.6 Å². The van der Waals surface area contributed by atoms with E-state index in [2.05, 4.69) is 10.3 Å². The van der Waals surface area contributed by atoms with E-state index >= 15 is 0 Å². The highest BCUT2D eigenvalue weighted by molar-refractivity contribution is 5.80. The average molecular weight is 246 g/mol. The highest BCUT2D eigenvalue weighted by atomic mass is 16.4. The average Bonchev–Trinajstić information content (AvgIpc) is 2.87. The summed E-state index contributed by atoms with van der Waals surface area (Å²) in [6.07, 6.45) is 4.85. The molecule has 1 aliphatic rings.